The molecule has 0 amide bonds. The molecule has 20 heavy (non-hydrogen) atoms. The van der Waals surface area contributed by atoms with Gasteiger partial charge in [0.05, 0.1) is 6.61 Å². The van der Waals surface area contributed by atoms with Crippen LogP contribution in [0.2, 0.25) is 0 Å². The minimum Gasteiger partial charge on any atom is -0.394 e. The Hall–Kier alpha value is -1.43. The van der Waals surface area contributed by atoms with Crippen molar-refractivity contribution < 1.29 is 25.2 Å². The number of rotatable bonds is 2. The first-order valence-corrected chi connectivity index (χ1v) is 6.03. The van der Waals surface area contributed by atoms with Crippen molar-refractivity contribution in [2.75, 3.05) is 13.3 Å². The quantitative estimate of drug-likeness (QED) is 0.325. The summed E-state index contributed by atoms with van der Waals surface area (Å²) in [5.74, 6) is -1.75. The third kappa shape index (κ3) is 1.85. The van der Waals surface area contributed by atoms with E-state index in [2.05, 4.69) is 15.0 Å². The lowest BCUT2D eigenvalue weighted by Crippen LogP contribution is -2.55. The highest BCUT2D eigenvalue weighted by Crippen LogP contribution is 2.28. The van der Waals surface area contributed by atoms with E-state index in [1.165, 1.54) is 4.90 Å². The lowest BCUT2D eigenvalue weighted by Gasteiger charge is -2.30. The van der Waals surface area contributed by atoms with Crippen LogP contribution in [-0.2, 0) is 4.74 Å². The zero-order valence-electron chi connectivity index (χ0n) is 10.4. The number of aliphatic hydroxyl groups excluding tert-OH is 3. The second-order valence-corrected chi connectivity index (χ2v) is 4.77. The Morgan fingerprint density at radius 1 is 1.45 bits per heavy atom. The molecule has 0 bridgehead atoms. The van der Waals surface area contributed by atoms with Crippen LogP contribution in [0.3, 0.4) is 0 Å². The second kappa shape index (κ2) is 4.55. The third-order valence-corrected chi connectivity index (χ3v) is 3.47. The van der Waals surface area contributed by atoms with Crippen molar-refractivity contribution in [2.24, 2.45) is 20.7 Å². The molecule has 0 aromatic rings. The summed E-state index contributed by atoms with van der Waals surface area (Å²) in [5.41, 5.74) is 5.63. The van der Waals surface area contributed by atoms with Crippen molar-refractivity contribution in [1.82, 2.24) is 4.90 Å². The molecule has 110 valence electrons. The van der Waals surface area contributed by atoms with Gasteiger partial charge in [-0.15, -0.1) is 0 Å². The molecule has 3 aliphatic heterocycles. The number of fused-ring (bicyclic) bond motifs is 1. The molecule has 3 rings (SSSR count). The zero-order valence-corrected chi connectivity index (χ0v) is 10.4. The first kappa shape index (κ1) is 13.5. The fourth-order valence-electron chi connectivity index (χ4n) is 2.41. The van der Waals surface area contributed by atoms with Crippen LogP contribution in [0.25, 0.3) is 0 Å². The highest BCUT2D eigenvalue weighted by molar-refractivity contribution is 6.46. The van der Waals surface area contributed by atoms with E-state index in [1.54, 1.807) is 0 Å². The number of amidine groups is 1. The Bertz CT molecular complexity index is 504. The number of hydrogen-bond acceptors (Lipinski definition) is 10. The molecular weight excluding hydrogens is 270 g/mol. The highest BCUT2D eigenvalue weighted by atomic mass is 16.6. The maximum atomic E-state index is 9.98. The Kier molecular flexibility index (Phi) is 3.08. The molecule has 5 atom stereocenters. The molecule has 3 heterocycles. The van der Waals surface area contributed by atoms with Crippen LogP contribution in [0.4, 0.5) is 0 Å². The van der Waals surface area contributed by atoms with Gasteiger partial charge in [-0.1, -0.05) is 0 Å². The van der Waals surface area contributed by atoms with Gasteiger partial charge in [-0.3, -0.25) is 10.7 Å². The van der Waals surface area contributed by atoms with Crippen molar-refractivity contribution >= 4 is 17.9 Å². The summed E-state index contributed by atoms with van der Waals surface area (Å²) in [6.07, 6.45) is -3.20. The number of aliphatic hydroxyl groups is 4. The summed E-state index contributed by atoms with van der Waals surface area (Å²) >= 11 is 0. The molecule has 0 spiro atoms. The minimum atomic E-state index is -1.97. The molecule has 3 aliphatic rings. The van der Waals surface area contributed by atoms with Gasteiger partial charge in [0.25, 0.3) is 5.85 Å². The van der Waals surface area contributed by atoms with Gasteiger partial charge < -0.3 is 30.1 Å². The summed E-state index contributed by atoms with van der Waals surface area (Å²) in [6.45, 7) is -0.380. The number of nitrogens with zero attached hydrogens (tertiary/aromatic N) is 4. The van der Waals surface area contributed by atoms with Crippen molar-refractivity contribution in [3.05, 3.63) is 0 Å². The van der Waals surface area contributed by atoms with Gasteiger partial charge in [-0.25, -0.2) is 9.98 Å². The standard InChI is InChI=1S/C10H15N5O5/c11-10(19)7-8(12-2-14-10)15(3-13-7)9-6(18)5(17)4(1-16)20-9/h2,4-6,9,16-19H,1,3,11H2/t4-,5-,6-,9-,10?/m1/s1. The van der Waals surface area contributed by atoms with Crippen LogP contribution in [-0.4, -0.2) is 86.9 Å². The monoisotopic (exact) mass is 285 g/mol. The molecule has 0 radical (unpaired) electrons. The van der Waals surface area contributed by atoms with Gasteiger partial charge in [0.15, 0.2) is 12.1 Å². The van der Waals surface area contributed by atoms with Crippen LogP contribution in [0.5, 0.6) is 0 Å². The lowest BCUT2D eigenvalue weighted by atomic mass is 10.1. The van der Waals surface area contributed by atoms with E-state index in [0.29, 0.717) is 0 Å². The SMILES string of the molecule is NC1(O)N=CN=C2C1=NCN2[C@@H]1O[C@H](CO)[C@@H](O)[C@H]1O. The molecular formula is C10H15N5O5. The molecule has 0 aromatic carbocycles. The molecule has 0 saturated carbocycles. The largest absolute Gasteiger partial charge is 0.394 e. The van der Waals surface area contributed by atoms with Gasteiger partial charge in [-0.2, -0.15) is 0 Å². The van der Waals surface area contributed by atoms with Crippen molar-refractivity contribution in [2.45, 2.75) is 30.4 Å². The fourth-order valence-corrected chi connectivity index (χ4v) is 2.41. The number of nitrogens with two attached hydrogens (primary N) is 1. The molecule has 1 saturated heterocycles. The molecule has 1 fully saturated rings. The average Bonchev–Trinajstić information content (AvgIpc) is 2.94. The molecule has 10 heteroatoms. The van der Waals surface area contributed by atoms with Gasteiger partial charge in [0.1, 0.15) is 37.0 Å². The van der Waals surface area contributed by atoms with Crippen LogP contribution >= 0.6 is 0 Å². The Morgan fingerprint density at radius 3 is 2.85 bits per heavy atom. The highest BCUT2D eigenvalue weighted by Gasteiger charge is 2.50. The Morgan fingerprint density at radius 2 is 2.20 bits per heavy atom. The maximum Gasteiger partial charge on any atom is 0.260 e. The second-order valence-electron chi connectivity index (χ2n) is 4.77. The maximum absolute atomic E-state index is 9.98. The number of aliphatic imine (C=N–C) groups is 3. The van der Waals surface area contributed by atoms with Crippen LogP contribution in [0.1, 0.15) is 0 Å². The van der Waals surface area contributed by atoms with Crippen LogP contribution in [0.15, 0.2) is 15.0 Å². The van der Waals surface area contributed by atoms with E-state index in [-0.39, 0.29) is 18.2 Å². The van der Waals surface area contributed by atoms with Crippen LogP contribution < -0.4 is 5.73 Å². The predicted molar refractivity (Wildman–Crippen MR) is 67.0 cm³/mol. The van der Waals surface area contributed by atoms with E-state index in [9.17, 15) is 15.3 Å². The number of hydrogen-bond donors (Lipinski definition) is 5. The van der Waals surface area contributed by atoms with Gasteiger partial charge >= 0.3 is 0 Å². The first-order chi connectivity index (χ1) is 9.45. The molecule has 1 unspecified atom stereocenters. The fraction of sp³-hybridized carbons (Fsp3) is 0.700. The lowest BCUT2D eigenvalue weighted by molar-refractivity contribution is -0.0688. The van der Waals surface area contributed by atoms with Gasteiger partial charge in [-0.05, 0) is 0 Å². The summed E-state index contributed by atoms with van der Waals surface area (Å²) < 4.78 is 5.39. The summed E-state index contributed by atoms with van der Waals surface area (Å²) in [4.78, 5) is 13.1. The topological polar surface area (TPSA) is 156 Å². The van der Waals surface area contributed by atoms with Gasteiger partial charge in [0.2, 0.25) is 0 Å². The third-order valence-electron chi connectivity index (χ3n) is 3.47. The Labute approximate surface area is 113 Å². The predicted octanol–water partition coefficient (Wildman–Crippen LogP) is -3.82. The zero-order chi connectivity index (χ0) is 14.5. The van der Waals surface area contributed by atoms with E-state index in [1.807, 2.05) is 0 Å². The van der Waals surface area contributed by atoms with Crippen molar-refractivity contribution in [3.63, 3.8) is 0 Å². The van der Waals surface area contributed by atoms with Crippen LogP contribution in [0, 0.1) is 0 Å². The van der Waals surface area contributed by atoms with E-state index < -0.39 is 37.0 Å². The summed E-state index contributed by atoms with van der Waals surface area (Å²) in [7, 11) is 0. The normalized spacial score (nSPS) is 43.5. The van der Waals surface area contributed by atoms with E-state index in [4.69, 9.17) is 15.6 Å². The molecule has 0 aliphatic carbocycles. The van der Waals surface area contributed by atoms with Crippen molar-refractivity contribution in [3.8, 4) is 0 Å². The Balaban J connectivity index is 1.85. The molecule has 0 aromatic heterocycles. The van der Waals surface area contributed by atoms with Crippen molar-refractivity contribution in [1.29, 1.82) is 0 Å². The summed E-state index contributed by atoms with van der Waals surface area (Å²) in [5, 5.41) is 38.7. The van der Waals surface area contributed by atoms with Gasteiger partial charge in [0, 0.05) is 0 Å². The average molecular weight is 285 g/mol. The summed E-state index contributed by atoms with van der Waals surface area (Å²) in [6, 6.07) is 0. The smallest absolute Gasteiger partial charge is 0.260 e. The number of ether oxygens (including phenoxy) is 1. The van der Waals surface area contributed by atoms with E-state index >= 15 is 0 Å². The first-order valence-electron chi connectivity index (χ1n) is 6.03. The molecule has 6 N–H and O–H groups in total. The minimum absolute atomic E-state index is 0.0453. The van der Waals surface area contributed by atoms with E-state index in [0.717, 1.165) is 6.34 Å². The molecule has 10 nitrogen and oxygen atoms in total.